The third-order valence-corrected chi connectivity index (χ3v) is 5.50. The highest BCUT2D eigenvalue weighted by Gasteiger charge is 2.33. The van der Waals surface area contributed by atoms with Gasteiger partial charge in [0, 0.05) is 50.0 Å². The second kappa shape index (κ2) is 6.46. The van der Waals surface area contributed by atoms with Gasteiger partial charge in [0.1, 0.15) is 0 Å². The largest absolute Gasteiger partial charge is 0.398 e. The summed E-state index contributed by atoms with van der Waals surface area (Å²) in [5, 5.41) is 10.6. The van der Waals surface area contributed by atoms with Crippen LogP contribution in [0.4, 0.5) is 11.4 Å². The van der Waals surface area contributed by atoms with Crippen molar-refractivity contribution in [2.75, 3.05) is 36.8 Å². The van der Waals surface area contributed by atoms with Crippen molar-refractivity contribution in [1.29, 1.82) is 0 Å². The zero-order valence-electron chi connectivity index (χ0n) is 13.9. The quantitative estimate of drug-likeness (QED) is 0.829. The lowest BCUT2D eigenvalue weighted by Crippen LogP contribution is -2.56. The number of hydrogen-bond donors (Lipinski definition) is 2. The van der Waals surface area contributed by atoms with E-state index in [1.807, 2.05) is 12.1 Å². The monoisotopic (exact) mass is 323 g/mol. The predicted octanol–water partition coefficient (Wildman–Crippen LogP) is 1.92. The van der Waals surface area contributed by atoms with Crippen molar-refractivity contribution in [2.45, 2.75) is 25.0 Å². The van der Waals surface area contributed by atoms with Crippen LogP contribution < -0.4 is 10.6 Å². The number of nitrogens with zero attached hydrogens (tertiary/aromatic N) is 2. The maximum absolute atomic E-state index is 10.6. The fourth-order valence-corrected chi connectivity index (χ4v) is 4.12. The molecule has 0 bridgehead atoms. The molecule has 0 aromatic heterocycles. The molecule has 4 rings (SSSR count). The summed E-state index contributed by atoms with van der Waals surface area (Å²) in [4.78, 5) is 4.87. The van der Waals surface area contributed by atoms with Crippen LogP contribution in [0.25, 0.3) is 0 Å². The van der Waals surface area contributed by atoms with Crippen molar-refractivity contribution in [2.24, 2.45) is 0 Å². The average Bonchev–Trinajstić information content (AvgIpc) is 2.62. The number of piperazine rings is 1. The Morgan fingerprint density at radius 3 is 2.38 bits per heavy atom. The van der Waals surface area contributed by atoms with Crippen molar-refractivity contribution in [3.63, 3.8) is 0 Å². The molecule has 0 saturated carbocycles. The van der Waals surface area contributed by atoms with Crippen molar-refractivity contribution < 1.29 is 5.11 Å². The first-order chi connectivity index (χ1) is 11.7. The molecule has 1 fully saturated rings. The molecule has 1 aliphatic heterocycles. The van der Waals surface area contributed by atoms with Crippen molar-refractivity contribution in [1.82, 2.24) is 4.90 Å². The molecular weight excluding hydrogens is 298 g/mol. The van der Waals surface area contributed by atoms with Gasteiger partial charge in [-0.05, 0) is 35.7 Å². The Kier molecular flexibility index (Phi) is 4.17. The summed E-state index contributed by atoms with van der Waals surface area (Å²) in [5.41, 5.74) is 10.8. The summed E-state index contributed by atoms with van der Waals surface area (Å²) >= 11 is 0. The summed E-state index contributed by atoms with van der Waals surface area (Å²) in [7, 11) is 0. The maximum Gasteiger partial charge on any atom is 0.0739 e. The van der Waals surface area contributed by atoms with E-state index in [4.69, 9.17) is 5.73 Å². The molecule has 2 aromatic carbocycles. The molecule has 2 unspecified atom stereocenters. The van der Waals surface area contributed by atoms with Crippen LogP contribution in [-0.4, -0.2) is 48.3 Å². The lowest BCUT2D eigenvalue weighted by Gasteiger charge is -2.43. The third kappa shape index (κ3) is 2.87. The van der Waals surface area contributed by atoms with E-state index in [2.05, 4.69) is 46.2 Å². The Balaban J connectivity index is 1.45. The van der Waals surface area contributed by atoms with E-state index in [0.29, 0.717) is 6.42 Å². The molecule has 2 aromatic rings. The minimum Gasteiger partial charge on any atom is -0.398 e. The SMILES string of the molecule is Nc1cccc2c1CC(N1CCN(c3ccccc3)CC1)C(O)C2. The third-order valence-electron chi connectivity index (χ3n) is 5.50. The van der Waals surface area contributed by atoms with Crippen molar-refractivity contribution in [3.8, 4) is 0 Å². The van der Waals surface area contributed by atoms with Gasteiger partial charge in [-0.1, -0.05) is 30.3 Å². The Morgan fingerprint density at radius 1 is 0.875 bits per heavy atom. The summed E-state index contributed by atoms with van der Waals surface area (Å²) in [6, 6.07) is 16.8. The minimum atomic E-state index is -0.303. The molecule has 0 spiro atoms. The van der Waals surface area contributed by atoms with Gasteiger partial charge in [0.25, 0.3) is 0 Å². The first-order valence-corrected chi connectivity index (χ1v) is 8.81. The number of aliphatic hydroxyl groups excluding tert-OH is 1. The van der Waals surface area contributed by atoms with E-state index in [-0.39, 0.29) is 12.1 Å². The van der Waals surface area contributed by atoms with Gasteiger partial charge < -0.3 is 15.7 Å². The van der Waals surface area contributed by atoms with E-state index < -0.39 is 0 Å². The number of nitrogens with two attached hydrogens (primary N) is 1. The summed E-state index contributed by atoms with van der Waals surface area (Å²) < 4.78 is 0. The molecule has 1 aliphatic carbocycles. The van der Waals surface area contributed by atoms with E-state index in [1.54, 1.807) is 0 Å². The van der Waals surface area contributed by atoms with Gasteiger partial charge in [0.2, 0.25) is 0 Å². The predicted molar refractivity (Wildman–Crippen MR) is 98.3 cm³/mol. The van der Waals surface area contributed by atoms with E-state index in [1.165, 1.54) is 16.8 Å². The molecule has 126 valence electrons. The average molecular weight is 323 g/mol. The number of nitrogen functional groups attached to an aromatic ring is 1. The number of benzene rings is 2. The standard InChI is InChI=1S/C20H25N3O/c21-18-8-4-5-15-13-20(24)19(14-17(15)18)23-11-9-22(10-12-23)16-6-2-1-3-7-16/h1-8,19-20,24H,9-14,21H2. The molecule has 24 heavy (non-hydrogen) atoms. The Hall–Kier alpha value is -2.04. The topological polar surface area (TPSA) is 52.7 Å². The highest BCUT2D eigenvalue weighted by atomic mass is 16.3. The lowest BCUT2D eigenvalue weighted by atomic mass is 9.84. The van der Waals surface area contributed by atoms with Crippen molar-refractivity contribution in [3.05, 3.63) is 59.7 Å². The maximum atomic E-state index is 10.6. The van der Waals surface area contributed by atoms with Crippen LogP contribution in [0.2, 0.25) is 0 Å². The molecule has 4 heteroatoms. The molecule has 2 aliphatic rings. The molecule has 1 heterocycles. The fraction of sp³-hybridized carbons (Fsp3) is 0.400. The van der Waals surface area contributed by atoms with Gasteiger partial charge in [-0.25, -0.2) is 0 Å². The smallest absolute Gasteiger partial charge is 0.0739 e. The van der Waals surface area contributed by atoms with Gasteiger partial charge in [-0.2, -0.15) is 0 Å². The van der Waals surface area contributed by atoms with Crippen LogP contribution >= 0.6 is 0 Å². The van der Waals surface area contributed by atoms with Crippen LogP contribution in [-0.2, 0) is 12.8 Å². The second-order valence-corrected chi connectivity index (χ2v) is 6.89. The molecule has 0 radical (unpaired) electrons. The molecule has 0 amide bonds. The Labute approximate surface area is 143 Å². The van der Waals surface area contributed by atoms with Crippen LogP contribution in [0.5, 0.6) is 0 Å². The van der Waals surface area contributed by atoms with E-state index in [9.17, 15) is 5.11 Å². The van der Waals surface area contributed by atoms with E-state index >= 15 is 0 Å². The first-order valence-electron chi connectivity index (χ1n) is 8.81. The molecular formula is C20H25N3O. The van der Waals surface area contributed by atoms with Crippen LogP contribution in [0.15, 0.2) is 48.5 Å². The highest BCUT2D eigenvalue weighted by Crippen LogP contribution is 2.30. The van der Waals surface area contributed by atoms with Crippen molar-refractivity contribution >= 4 is 11.4 Å². The van der Waals surface area contributed by atoms with E-state index in [0.717, 1.165) is 38.3 Å². The van der Waals surface area contributed by atoms with Gasteiger partial charge in [-0.3, -0.25) is 4.90 Å². The minimum absolute atomic E-state index is 0.181. The second-order valence-electron chi connectivity index (χ2n) is 6.89. The fourth-order valence-electron chi connectivity index (χ4n) is 4.12. The zero-order chi connectivity index (χ0) is 16.5. The summed E-state index contributed by atoms with van der Waals surface area (Å²) in [5.74, 6) is 0. The molecule has 2 atom stereocenters. The Morgan fingerprint density at radius 2 is 1.62 bits per heavy atom. The van der Waals surface area contributed by atoms with Crippen LogP contribution in [0.1, 0.15) is 11.1 Å². The van der Waals surface area contributed by atoms with Crippen LogP contribution in [0.3, 0.4) is 0 Å². The zero-order valence-corrected chi connectivity index (χ0v) is 13.9. The van der Waals surface area contributed by atoms with Gasteiger partial charge in [-0.15, -0.1) is 0 Å². The normalized spacial score (nSPS) is 24.6. The number of fused-ring (bicyclic) bond motifs is 1. The van der Waals surface area contributed by atoms with Crippen LogP contribution in [0, 0.1) is 0 Å². The summed E-state index contributed by atoms with van der Waals surface area (Å²) in [6.07, 6.45) is 1.26. The highest BCUT2D eigenvalue weighted by molar-refractivity contribution is 5.53. The molecule has 4 nitrogen and oxygen atoms in total. The number of anilines is 2. The number of hydrogen-bond acceptors (Lipinski definition) is 4. The van der Waals surface area contributed by atoms with Gasteiger partial charge in [0.05, 0.1) is 6.10 Å². The van der Waals surface area contributed by atoms with Gasteiger partial charge >= 0.3 is 0 Å². The summed E-state index contributed by atoms with van der Waals surface area (Å²) in [6.45, 7) is 3.98. The lowest BCUT2D eigenvalue weighted by molar-refractivity contribution is 0.0397. The Bertz CT molecular complexity index is 695. The van der Waals surface area contributed by atoms with Gasteiger partial charge in [0.15, 0.2) is 0 Å². The number of para-hydroxylation sites is 1. The number of aliphatic hydroxyl groups is 1. The first kappa shape index (κ1) is 15.5. The molecule has 1 saturated heterocycles. The molecule has 3 N–H and O–H groups in total. The number of rotatable bonds is 2.